The van der Waals surface area contributed by atoms with Crippen molar-refractivity contribution in [2.45, 2.75) is 25.8 Å². The molecule has 0 heterocycles. The Morgan fingerprint density at radius 2 is 1.95 bits per heavy atom. The Morgan fingerprint density at radius 1 is 1.20 bits per heavy atom. The second-order valence-electron chi connectivity index (χ2n) is 5.39. The van der Waals surface area contributed by atoms with Crippen molar-refractivity contribution in [1.29, 1.82) is 0 Å². The summed E-state index contributed by atoms with van der Waals surface area (Å²) in [5.74, 6) is -0.0385. The van der Waals surface area contributed by atoms with Gasteiger partial charge in [0.05, 0.1) is 6.04 Å². The zero-order valence-corrected chi connectivity index (χ0v) is 11.5. The van der Waals surface area contributed by atoms with E-state index in [0.29, 0.717) is 11.3 Å². The second-order valence-corrected chi connectivity index (χ2v) is 5.39. The summed E-state index contributed by atoms with van der Waals surface area (Å²) in [7, 11) is 0. The van der Waals surface area contributed by atoms with E-state index in [-0.39, 0.29) is 11.9 Å². The van der Waals surface area contributed by atoms with Crippen molar-refractivity contribution in [1.82, 2.24) is 5.32 Å². The monoisotopic (exact) mass is 266 g/mol. The van der Waals surface area contributed by atoms with Gasteiger partial charge in [-0.05, 0) is 55.2 Å². The van der Waals surface area contributed by atoms with E-state index >= 15 is 0 Å². The first kappa shape index (κ1) is 12.7. The summed E-state index contributed by atoms with van der Waals surface area (Å²) in [4.78, 5) is 12.2. The third-order valence-electron chi connectivity index (χ3n) is 3.85. The van der Waals surface area contributed by atoms with Gasteiger partial charge in [-0.15, -0.1) is 0 Å². The number of rotatable bonds is 2. The van der Waals surface area contributed by atoms with Gasteiger partial charge in [0.25, 0.3) is 5.91 Å². The van der Waals surface area contributed by atoms with Crippen molar-refractivity contribution >= 4 is 11.6 Å². The van der Waals surface area contributed by atoms with Crippen LogP contribution >= 0.6 is 0 Å². The van der Waals surface area contributed by atoms with E-state index in [1.807, 2.05) is 0 Å². The number of hydrogen-bond donors (Lipinski definition) is 2. The average molecular weight is 266 g/mol. The Hall–Kier alpha value is -2.29. The molecule has 1 aliphatic rings. The normalized spacial score (nSPS) is 16.8. The first-order valence-electron chi connectivity index (χ1n) is 6.89. The minimum absolute atomic E-state index is 0.0385. The molecule has 2 aromatic carbocycles. The number of nitrogen functional groups attached to an aromatic ring is 1. The third kappa shape index (κ3) is 2.39. The minimum atomic E-state index is -0.0385. The van der Waals surface area contributed by atoms with E-state index < -0.39 is 0 Å². The Balaban J connectivity index is 1.77. The number of amides is 1. The molecule has 0 saturated carbocycles. The highest BCUT2D eigenvalue weighted by Gasteiger charge is 2.24. The molecule has 3 heteroatoms. The number of benzene rings is 2. The van der Waals surface area contributed by atoms with Crippen molar-refractivity contribution in [3.05, 3.63) is 64.7 Å². The smallest absolute Gasteiger partial charge is 0.251 e. The molecule has 2 aromatic rings. The van der Waals surface area contributed by atoms with Crippen LogP contribution in [0.5, 0.6) is 0 Å². The number of nitrogens with two attached hydrogens (primary N) is 1. The highest BCUT2D eigenvalue weighted by atomic mass is 16.1. The maximum Gasteiger partial charge on any atom is 0.251 e. The fraction of sp³-hybridized carbons (Fsp3) is 0.235. The quantitative estimate of drug-likeness (QED) is 0.821. The van der Waals surface area contributed by atoms with Gasteiger partial charge < -0.3 is 11.1 Å². The summed E-state index contributed by atoms with van der Waals surface area (Å²) in [6, 6.07) is 13.6. The third-order valence-corrected chi connectivity index (χ3v) is 3.85. The molecule has 0 radical (unpaired) electrons. The van der Waals surface area contributed by atoms with E-state index in [1.54, 1.807) is 24.3 Å². The molecule has 0 fully saturated rings. The molecule has 0 unspecified atom stereocenters. The van der Waals surface area contributed by atoms with Crippen LogP contribution in [-0.2, 0) is 6.42 Å². The number of anilines is 1. The van der Waals surface area contributed by atoms with Crippen molar-refractivity contribution in [3.8, 4) is 0 Å². The van der Waals surface area contributed by atoms with Gasteiger partial charge in [-0.25, -0.2) is 0 Å². The van der Waals surface area contributed by atoms with E-state index in [2.05, 4.69) is 30.4 Å². The predicted octanol–water partition coefficient (Wildman–Crippen LogP) is 2.99. The van der Waals surface area contributed by atoms with E-state index in [0.717, 1.165) is 12.8 Å². The Kier molecular flexibility index (Phi) is 3.18. The summed E-state index contributed by atoms with van der Waals surface area (Å²) in [6.07, 6.45) is 2.00. The summed E-state index contributed by atoms with van der Waals surface area (Å²) < 4.78 is 0. The minimum Gasteiger partial charge on any atom is -0.399 e. The topological polar surface area (TPSA) is 55.1 Å². The van der Waals surface area contributed by atoms with Crippen molar-refractivity contribution in [2.24, 2.45) is 0 Å². The number of nitrogens with one attached hydrogen (secondary N) is 1. The number of fused-ring (bicyclic) bond motifs is 1. The molecule has 102 valence electrons. The Morgan fingerprint density at radius 3 is 2.70 bits per heavy atom. The molecular formula is C17H18N2O. The summed E-state index contributed by atoms with van der Waals surface area (Å²) in [6.45, 7) is 2.10. The summed E-state index contributed by atoms with van der Waals surface area (Å²) in [5.41, 5.74) is 10.8. The molecule has 3 N–H and O–H groups in total. The molecule has 1 atom stereocenters. The highest BCUT2D eigenvalue weighted by Crippen LogP contribution is 2.31. The molecule has 0 aliphatic heterocycles. The molecule has 20 heavy (non-hydrogen) atoms. The molecule has 1 aliphatic carbocycles. The van der Waals surface area contributed by atoms with Crippen LogP contribution in [0.4, 0.5) is 5.69 Å². The first-order valence-corrected chi connectivity index (χ1v) is 6.89. The highest BCUT2D eigenvalue weighted by molar-refractivity contribution is 5.94. The van der Waals surface area contributed by atoms with Crippen LogP contribution in [0.3, 0.4) is 0 Å². The maximum atomic E-state index is 12.2. The molecular weight excluding hydrogens is 248 g/mol. The van der Waals surface area contributed by atoms with E-state index in [9.17, 15) is 4.79 Å². The number of carbonyl (C=O) groups excluding carboxylic acids is 1. The molecule has 0 spiro atoms. The van der Waals surface area contributed by atoms with Crippen LogP contribution in [-0.4, -0.2) is 5.91 Å². The lowest BCUT2D eigenvalue weighted by Crippen LogP contribution is -2.27. The van der Waals surface area contributed by atoms with Gasteiger partial charge >= 0.3 is 0 Å². The van der Waals surface area contributed by atoms with Crippen molar-refractivity contribution in [3.63, 3.8) is 0 Å². The Bertz CT molecular complexity index is 647. The zero-order valence-electron chi connectivity index (χ0n) is 11.5. The molecule has 0 saturated heterocycles. The van der Waals surface area contributed by atoms with Crippen molar-refractivity contribution in [2.75, 3.05) is 5.73 Å². The van der Waals surface area contributed by atoms with Crippen LogP contribution < -0.4 is 11.1 Å². The maximum absolute atomic E-state index is 12.2. The van der Waals surface area contributed by atoms with Crippen LogP contribution in [0, 0.1) is 6.92 Å². The van der Waals surface area contributed by atoms with E-state index in [1.165, 1.54) is 16.7 Å². The van der Waals surface area contributed by atoms with Gasteiger partial charge in [-0.3, -0.25) is 4.79 Å². The standard InChI is InChI=1S/C17H18N2O/c1-11-2-8-15-13(10-11)5-9-16(15)19-17(20)12-3-6-14(18)7-4-12/h2-4,6-8,10,16H,5,9,18H2,1H3,(H,19,20)/t16-/m0/s1. The van der Waals surface area contributed by atoms with Crippen LogP contribution in [0.2, 0.25) is 0 Å². The van der Waals surface area contributed by atoms with Crippen LogP contribution in [0.25, 0.3) is 0 Å². The second kappa shape index (κ2) is 5.00. The molecule has 0 aromatic heterocycles. The number of carbonyl (C=O) groups is 1. The van der Waals surface area contributed by atoms with Gasteiger partial charge in [0, 0.05) is 11.3 Å². The lowest BCUT2D eigenvalue weighted by atomic mass is 10.1. The van der Waals surface area contributed by atoms with E-state index in [4.69, 9.17) is 5.73 Å². The molecule has 3 rings (SSSR count). The fourth-order valence-electron chi connectivity index (χ4n) is 2.77. The summed E-state index contributed by atoms with van der Waals surface area (Å²) in [5, 5.41) is 3.11. The molecule has 0 bridgehead atoms. The lowest BCUT2D eigenvalue weighted by Gasteiger charge is -2.14. The fourth-order valence-corrected chi connectivity index (χ4v) is 2.77. The molecule has 1 amide bonds. The average Bonchev–Trinajstić information content (AvgIpc) is 2.81. The Labute approximate surface area is 118 Å². The SMILES string of the molecule is Cc1ccc2c(c1)CC[C@@H]2NC(=O)c1ccc(N)cc1. The van der Waals surface area contributed by atoms with Crippen LogP contribution in [0.15, 0.2) is 42.5 Å². The van der Waals surface area contributed by atoms with Crippen LogP contribution in [0.1, 0.15) is 39.5 Å². The zero-order chi connectivity index (χ0) is 14.1. The van der Waals surface area contributed by atoms with Gasteiger partial charge in [0.1, 0.15) is 0 Å². The van der Waals surface area contributed by atoms with Gasteiger partial charge in [-0.2, -0.15) is 0 Å². The number of hydrogen-bond acceptors (Lipinski definition) is 2. The largest absolute Gasteiger partial charge is 0.399 e. The van der Waals surface area contributed by atoms with Crippen molar-refractivity contribution < 1.29 is 4.79 Å². The number of aryl methyl sites for hydroxylation is 2. The van der Waals surface area contributed by atoms with Gasteiger partial charge in [-0.1, -0.05) is 23.8 Å². The van der Waals surface area contributed by atoms with Gasteiger partial charge in [0.15, 0.2) is 0 Å². The molecule has 3 nitrogen and oxygen atoms in total. The lowest BCUT2D eigenvalue weighted by molar-refractivity contribution is 0.0937. The first-order chi connectivity index (χ1) is 9.63. The van der Waals surface area contributed by atoms with Gasteiger partial charge in [0.2, 0.25) is 0 Å². The predicted molar refractivity (Wildman–Crippen MR) is 80.6 cm³/mol. The summed E-state index contributed by atoms with van der Waals surface area (Å²) >= 11 is 0.